The fraction of sp³-hybridized carbons (Fsp3) is 0.0667. The van der Waals surface area contributed by atoms with Gasteiger partial charge in [-0.15, -0.1) is 0 Å². The van der Waals surface area contributed by atoms with Gasteiger partial charge >= 0.3 is 0 Å². The van der Waals surface area contributed by atoms with Crippen LogP contribution in [0.3, 0.4) is 0 Å². The Morgan fingerprint density at radius 1 is 0.909 bits per heavy atom. The Kier molecular flexibility index (Phi) is 5.62. The average Bonchev–Trinajstić information content (AvgIpc) is 2.46. The number of nitrogens with one attached hydrogen (secondary N) is 2. The van der Waals surface area contributed by atoms with Crippen molar-refractivity contribution in [2.75, 3.05) is 0 Å². The highest BCUT2D eigenvalue weighted by Gasteiger charge is 2.10. The van der Waals surface area contributed by atoms with Crippen LogP contribution in [0.1, 0.15) is 16.7 Å². The first kappa shape index (κ1) is 17.0. The van der Waals surface area contributed by atoms with E-state index < -0.39 is 0 Å². The molecule has 0 saturated carbocycles. The topological polar surface area (TPSA) is 109 Å². The normalized spacial score (nSPS) is 10.3. The molecule has 0 radical (unpaired) electrons. The van der Waals surface area contributed by atoms with E-state index >= 15 is 0 Å². The number of benzene rings is 2. The molecule has 0 aliphatic rings. The van der Waals surface area contributed by atoms with Gasteiger partial charge in [0.1, 0.15) is 24.0 Å². The molecular formula is C15H14I2N4O. The van der Waals surface area contributed by atoms with Gasteiger partial charge in [0.05, 0.1) is 7.14 Å². The molecule has 0 heterocycles. The predicted octanol–water partition coefficient (Wildman–Crippen LogP) is 3.04. The molecule has 0 spiro atoms. The summed E-state index contributed by atoms with van der Waals surface area (Å²) < 4.78 is 7.70. The first-order chi connectivity index (χ1) is 10.4. The van der Waals surface area contributed by atoms with Crippen LogP contribution in [0.2, 0.25) is 0 Å². The van der Waals surface area contributed by atoms with E-state index in [1.807, 2.05) is 24.3 Å². The molecule has 0 saturated heterocycles. The molecule has 22 heavy (non-hydrogen) atoms. The Bertz CT molecular complexity index is 706. The average molecular weight is 520 g/mol. The Morgan fingerprint density at radius 3 is 1.86 bits per heavy atom. The molecule has 0 bridgehead atoms. The van der Waals surface area contributed by atoms with Crippen LogP contribution in [0.4, 0.5) is 0 Å². The lowest BCUT2D eigenvalue weighted by atomic mass is 10.1. The second kappa shape index (κ2) is 7.27. The summed E-state index contributed by atoms with van der Waals surface area (Å²) in [6.07, 6.45) is 0. The van der Waals surface area contributed by atoms with E-state index in [1.165, 1.54) is 0 Å². The summed E-state index contributed by atoms with van der Waals surface area (Å²) in [7, 11) is 0. The second-order valence-corrected chi connectivity index (χ2v) is 6.91. The number of nitrogen functional groups attached to an aromatic ring is 2. The van der Waals surface area contributed by atoms with E-state index in [0.717, 1.165) is 18.5 Å². The summed E-state index contributed by atoms with van der Waals surface area (Å²) >= 11 is 4.35. The van der Waals surface area contributed by atoms with Gasteiger partial charge in [0, 0.05) is 11.1 Å². The van der Waals surface area contributed by atoms with Crippen LogP contribution in [0, 0.1) is 18.0 Å². The minimum Gasteiger partial charge on any atom is -0.487 e. The van der Waals surface area contributed by atoms with E-state index in [1.54, 1.807) is 12.1 Å². The van der Waals surface area contributed by atoms with Crippen LogP contribution in [0.25, 0.3) is 0 Å². The SMILES string of the molecule is N=C(N)c1ccc(COc2c(I)cc(C(=N)N)cc2I)cc1. The summed E-state index contributed by atoms with van der Waals surface area (Å²) in [4.78, 5) is 0. The molecule has 2 aromatic carbocycles. The summed E-state index contributed by atoms with van der Waals surface area (Å²) in [5, 5.41) is 14.9. The molecule has 0 aliphatic heterocycles. The fourth-order valence-corrected chi connectivity index (χ4v) is 3.87. The third-order valence-corrected chi connectivity index (χ3v) is 4.56. The summed E-state index contributed by atoms with van der Waals surface area (Å²) in [5.41, 5.74) is 13.3. The molecule has 0 amide bonds. The molecule has 7 heteroatoms. The molecule has 0 atom stereocenters. The Balaban J connectivity index is 2.14. The van der Waals surface area contributed by atoms with Crippen molar-refractivity contribution in [1.29, 1.82) is 10.8 Å². The zero-order valence-electron chi connectivity index (χ0n) is 11.5. The zero-order valence-corrected chi connectivity index (χ0v) is 15.8. The van der Waals surface area contributed by atoms with Crippen molar-refractivity contribution in [2.45, 2.75) is 6.61 Å². The molecule has 0 aromatic heterocycles. The van der Waals surface area contributed by atoms with Gasteiger partial charge in [-0.05, 0) is 62.9 Å². The molecule has 114 valence electrons. The number of nitrogens with two attached hydrogens (primary N) is 2. The second-order valence-electron chi connectivity index (χ2n) is 4.58. The van der Waals surface area contributed by atoms with E-state index in [2.05, 4.69) is 45.2 Å². The third kappa shape index (κ3) is 4.09. The quantitative estimate of drug-likeness (QED) is 0.277. The highest BCUT2D eigenvalue weighted by Crippen LogP contribution is 2.29. The summed E-state index contributed by atoms with van der Waals surface area (Å²) in [6.45, 7) is 0.420. The van der Waals surface area contributed by atoms with Crippen molar-refractivity contribution in [3.05, 3.63) is 60.2 Å². The van der Waals surface area contributed by atoms with Crippen molar-refractivity contribution in [3.8, 4) is 5.75 Å². The van der Waals surface area contributed by atoms with Crippen molar-refractivity contribution in [3.63, 3.8) is 0 Å². The molecular weight excluding hydrogens is 506 g/mol. The van der Waals surface area contributed by atoms with Crippen molar-refractivity contribution in [1.82, 2.24) is 0 Å². The maximum absolute atomic E-state index is 7.49. The molecule has 0 fully saturated rings. The van der Waals surface area contributed by atoms with E-state index in [9.17, 15) is 0 Å². The van der Waals surface area contributed by atoms with Gasteiger partial charge in [-0.1, -0.05) is 24.3 Å². The van der Waals surface area contributed by atoms with Gasteiger partial charge in [-0.25, -0.2) is 0 Å². The third-order valence-electron chi connectivity index (χ3n) is 2.96. The Morgan fingerprint density at radius 2 is 1.41 bits per heavy atom. The number of ether oxygens (including phenoxy) is 1. The van der Waals surface area contributed by atoms with E-state index in [0.29, 0.717) is 17.7 Å². The van der Waals surface area contributed by atoms with Gasteiger partial charge in [0.25, 0.3) is 0 Å². The van der Waals surface area contributed by atoms with Crippen LogP contribution in [0.5, 0.6) is 5.75 Å². The van der Waals surface area contributed by atoms with Gasteiger partial charge < -0.3 is 16.2 Å². The lowest BCUT2D eigenvalue weighted by molar-refractivity contribution is 0.301. The van der Waals surface area contributed by atoms with Crippen molar-refractivity contribution in [2.24, 2.45) is 11.5 Å². The first-order valence-corrected chi connectivity index (χ1v) is 8.44. The number of rotatable bonds is 5. The van der Waals surface area contributed by atoms with Crippen LogP contribution < -0.4 is 16.2 Å². The van der Waals surface area contributed by atoms with Gasteiger partial charge in [0.2, 0.25) is 0 Å². The highest BCUT2D eigenvalue weighted by molar-refractivity contribution is 14.1. The Labute approximate surface area is 155 Å². The number of hydrogen-bond donors (Lipinski definition) is 4. The molecule has 0 unspecified atom stereocenters. The molecule has 2 aromatic rings. The van der Waals surface area contributed by atoms with Crippen LogP contribution in [-0.2, 0) is 6.61 Å². The molecule has 0 aliphatic carbocycles. The lowest BCUT2D eigenvalue weighted by Gasteiger charge is -2.12. The van der Waals surface area contributed by atoms with Crippen molar-refractivity contribution >= 4 is 56.9 Å². The first-order valence-electron chi connectivity index (χ1n) is 6.28. The number of halogens is 2. The highest BCUT2D eigenvalue weighted by atomic mass is 127. The monoisotopic (exact) mass is 520 g/mol. The zero-order chi connectivity index (χ0) is 16.3. The largest absolute Gasteiger partial charge is 0.487 e. The Hall–Kier alpha value is -1.36. The lowest BCUT2D eigenvalue weighted by Crippen LogP contribution is -2.12. The molecule has 5 nitrogen and oxygen atoms in total. The van der Waals surface area contributed by atoms with Crippen molar-refractivity contribution < 1.29 is 4.74 Å². The number of hydrogen-bond acceptors (Lipinski definition) is 3. The number of amidine groups is 2. The van der Waals surface area contributed by atoms with Crippen LogP contribution in [0.15, 0.2) is 36.4 Å². The fourth-order valence-electron chi connectivity index (χ4n) is 1.79. The molecule has 6 N–H and O–H groups in total. The minimum absolute atomic E-state index is 0.0437. The summed E-state index contributed by atoms with van der Waals surface area (Å²) in [5.74, 6) is 0.875. The maximum atomic E-state index is 7.49. The van der Waals surface area contributed by atoms with E-state index in [-0.39, 0.29) is 11.7 Å². The summed E-state index contributed by atoms with van der Waals surface area (Å²) in [6, 6.07) is 11.0. The smallest absolute Gasteiger partial charge is 0.146 e. The van der Waals surface area contributed by atoms with Crippen LogP contribution >= 0.6 is 45.2 Å². The molecule has 2 rings (SSSR count). The minimum atomic E-state index is 0.0437. The maximum Gasteiger partial charge on any atom is 0.146 e. The van der Waals surface area contributed by atoms with E-state index in [4.69, 9.17) is 27.0 Å². The van der Waals surface area contributed by atoms with Crippen LogP contribution in [-0.4, -0.2) is 11.7 Å². The predicted molar refractivity (Wildman–Crippen MR) is 105 cm³/mol. The van der Waals surface area contributed by atoms with Gasteiger partial charge in [0.15, 0.2) is 0 Å². The standard InChI is InChI=1S/C15H14I2N4O/c16-11-5-10(15(20)21)6-12(17)13(11)22-7-8-1-3-9(4-2-8)14(18)19/h1-6H,7H2,(H3,18,19)(H3,20,21). The van der Waals surface area contributed by atoms with Gasteiger partial charge in [-0.3, -0.25) is 10.8 Å². The van der Waals surface area contributed by atoms with Gasteiger partial charge in [-0.2, -0.15) is 0 Å².